The smallest absolute Gasteiger partial charge is 0.317 e. The van der Waals surface area contributed by atoms with Crippen LogP contribution in [0.1, 0.15) is 24.0 Å². The summed E-state index contributed by atoms with van der Waals surface area (Å²) in [7, 11) is 0. The molecular weight excluding hydrogens is 332 g/mol. The molecule has 1 aromatic rings. The maximum atomic E-state index is 12.4. The summed E-state index contributed by atoms with van der Waals surface area (Å²) in [6.45, 7) is 5.48. The molecule has 7 nitrogen and oxygen atoms in total. The van der Waals surface area contributed by atoms with E-state index in [9.17, 15) is 14.4 Å². The first-order valence-corrected chi connectivity index (χ1v) is 9.17. The van der Waals surface area contributed by atoms with Crippen molar-refractivity contribution in [3.63, 3.8) is 0 Å². The van der Waals surface area contributed by atoms with Gasteiger partial charge >= 0.3 is 6.03 Å². The molecule has 2 aliphatic heterocycles. The first-order valence-electron chi connectivity index (χ1n) is 9.17. The molecule has 2 aliphatic rings. The van der Waals surface area contributed by atoms with Crippen LogP contribution in [0.5, 0.6) is 0 Å². The molecule has 0 spiro atoms. The zero-order valence-corrected chi connectivity index (χ0v) is 15.2. The van der Waals surface area contributed by atoms with Gasteiger partial charge in [-0.2, -0.15) is 0 Å². The van der Waals surface area contributed by atoms with Crippen LogP contribution in [0.25, 0.3) is 0 Å². The summed E-state index contributed by atoms with van der Waals surface area (Å²) in [5.41, 5.74) is 2.29. The third-order valence-electron chi connectivity index (χ3n) is 4.93. The maximum Gasteiger partial charge on any atom is 0.317 e. The summed E-state index contributed by atoms with van der Waals surface area (Å²) in [6, 6.07) is 7.89. The number of urea groups is 1. The van der Waals surface area contributed by atoms with Crippen LogP contribution in [0, 0.1) is 6.92 Å². The highest BCUT2D eigenvalue weighted by molar-refractivity contribution is 5.85. The van der Waals surface area contributed by atoms with E-state index in [1.54, 1.807) is 14.7 Å². The SMILES string of the molecule is Cc1ccc(CN2CCN(C(=O)NCCN3CCCC3=O)CC2=O)cc1. The van der Waals surface area contributed by atoms with Gasteiger partial charge in [0.15, 0.2) is 0 Å². The number of hydrogen-bond acceptors (Lipinski definition) is 3. The first-order chi connectivity index (χ1) is 12.5. The highest BCUT2D eigenvalue weighted by Gasteiger charge is 2.27. The van der Waals surface area contributed by atoms with Crippen LogP contribution in [0.3, 0.4) is 0 Å². The molecule has 7 heteroatoms. The molecule has 1 aromatic carbocycles. The number of hydrogen-bond donors (Lipinski definition) is 1. The number of carbonyl (C=O) groups is 3. The lowest BCUT2D eigenvalue weighted by Gasteiger charge is -2.34. The van der Waals surface area contributed by atoms with Gasteiger partial charge in [0.25, 0.3) is 0 Å². The van der Waals surface area contributed by atoms with Gasteiger partial charge < -0.3 is 20.0 Å². The Balaban J connectivity index is 1.42. The van der Waals surface area contributed by atoms with Crippen LogP contribution in [-0.4, -0.2) is 71.8 Å². The van der Waals surface area contributed by atoms with Gasteiger partial charge in [-0.15, -0.1) is 0 Å². The van der Waals surface area contributed by atoms with Crippen molar-refractivity contribution >= 4 is 17.8 Å². The van der Waals surface area contributed by atoms with E-state index in [1.165, 1.54) is 5.56 Å². The number of nitrogens with one attached hydrogen (secondary N) is 1. The van der Waals surface area contributed by atoms with Crippen LogP contribution in [-0.2, 0) is 16.1 Å². The summed E-state index contributed by atoms with van der Waals surface area (Å²) in [5, 5.41) is 2.81. The molecule has 26 heavy (non-hydrogen) atoms. The minimum absolute atomic E-state index is 0.0401. The van der Waals surface area contributed by atoms with Crippen LogP contribution in [0.4, 0.5) is 4.79 Å². The molecule has 0 saturated carbocycles. The topological polar surface area (TPSA) is 73.0 Å². The van der Waals surface area contributed by atoms with Gasteiger partial charge in [0, 0.05) is 45.7 Å². The standard InChI is InChI=1S/C19H26N4O3/c1-15-4-6-16(7-5-15)13-22-11-12-23(14-18(22)25)19(26)20-8-10-21-9-2-3-17(21)24/h4-7H,2-3,8-14H2,1H3,(H,20,26). The zero-order chi connectivity index (χ0) is 18.5. The summed E-state index contributed by atoms with van der Waals surface area (Å²) in [5.74, 6) is 0.112. The minimum atomic E-state index is -0.236. The van der Waals surface area contributed by atoms with Crippen LogP contribution in [0.15, 0.2) is 24.3 Å². The molecule has 0 atom stereocenters. The molecule has 0 bridgehead atoms. The lowest BCUT2D eigenvalue weighted by Crippen LogP contribution is -2.54. The second-order valence-corrected chi connectivity index (χ2v) is 6.94. The number of carbonyl (C=O) groups excluding carboxylic acids is 3. The third kappa shape index (κ3) is 4.53. The van der Waals surface area contributed by atoms with Crippen LogP contribution < -0.4 is 5.32 Å². The van der Waals surface area contributed by atoms with Crippen molar-refractivity contribution in [2.45, 2.75) is 26.3 Å². The number of rotatable bonds is 5. The van der Waals surface area contributed by atoms with Crippen molar-refractivity contribution in [1.29, 1.82) is 0 Å². The summed E-state index contributed by atoms with van der Waals surface area (Å²) >= 11 is 0. The molecule has 0 aromatic heterocycles. The van der Waals surface area contributed by atoms with E-state index in [4.69, 9.17) is 0 Å². The zero-order valence-electron chi connectivity index (χ0n) is 15.2. The minimum Gasteiger partial charge on any atom is -0.341 e. The molecule has 0 unspecified atom stereocenters. The van der Waals surface area contributed by atoms with Crippen LogP contribution >= 0.6 is 0 Å². The van der Waals surface area contributed by atoms with Gasteiger partial charge in [-0.3, -0.25) is 9.59 Å². The Morgan fingerprint density at radius 1 is 1.04 bits per heavy atom. The molecule has 4 amide bonds. The van der Waals surface area contributed by atoms with E-state index in [0.29, 0.717) is 39.1 Å². The predicted octanol–water partition coefficient (Wildman–Crippen LogP) is 0.971. The van der Waals surface area contributed by atoms with Gasteiger partial charge in [-0.25, -0.2) is 4.79 Å². The summed E-state index contributed by atoms with van der Waals surface area (Å²) < 4.78 is 0. The first kappa shape index (κ1) is 18.2. The Morgan fingerprint density at radius 2 is 1.81 bits per heavy atom. The van der Waals surface area contributed by atoms with Crippen molar-refractivity contribution in [3.8, 4) is 0 Å². The number of aryl methyl sites for hydroxylation is 1. The Kier molecular flexibility index (Phi) is 5.75. The fourth-order valence-corrected chi connectivity index (χ4v) is 3.31. The molecular formula is C19H26N4O3. The van der Waals surface area contributed by atoms with Crippen molar-refractivity contribution in [2.24, 2.45) is 0 Å². The summed E-state index contributed by atoms with van der Waals surface area (Å²) in [6.07, 6.45) is 1.50. The van der Waals surface area contributed by atoms with Crippen molar-refractivity contribution in [3.05, 3.63) is 35.4 Å². The van der Waals surface area contributed by atoms with Gasteiger partial charge in [0.1, 0.15) is 6.54 Å². The van der Waals surface area contributed by atoms with E-state index in [0.717, 1.165) is 18.5 Å². The molecule has 140 valence electrons. The largest absolute Gasteiger partial charge is 0.341 e. The Labute approximate surface area is 153 Å². The molecule has 3 rings (SSSR count). The lowest BCUT2D eigenvalue weighted by molar-refractivity contribution is -0.135. The Bertz CT molecular complexity index is 674. The fourth-order valence-electron chi connectivity index (χ4n) is 3.31. The van der Waals surface area contributed by atoms with E-state index in [-0.39, 0.29) is 24.4 Å². The fraction of sp³-hybridized carbons (Fsp3) is 0.526. The average molecular weight is 358 g/mol. The van der Waals surface area contributed by atoms with Gasteiger partial charge in [-0.05, 0) is 18.9 Å². The molecule has 2 heterocycles. The maximum absolute atomic E-state index is 12.4. The van der Waals surface area contributed by atoms with Crippen molar-refractivity contribution in [1.82, 2.24) is 20.0 Å². The Hall–Kier alpha value is -2.57. The Morgan fingerprint density at radius 3 is 2.46 bits per heavy atom. The van der Waals surface area contributed by atoms with E-state index >= 15 is 0 Å². The molecule has 0 radical (unpaired) electrons. The predicted molar refractivity (Wildman–Crippen MR) is 97.4 cm³/mol. The van der Waals surface area contributed by atoms with Gasteiger partial charge in [0.2, 0.25) is 11.8 Å². The third-order valence-corrected chi connectivity index (χ3v) is 4.93. The highest BCUT2D eigenvalue weighted by Crippen LogP contribution is 2.11. The molecule has 0 aliphatic carbocycles. The van der Waals surface area contributed by atoms with E-state index < -0.39 is 0 Å². The van der Waals surface area contributed by atoms with Crippen LogP contribution in [0.2, 0.25) is 0 Å². The number of benzene rings is 1. The normalized spacial score (nSPS) is 17.8. The second kappa shape index (κ2) is 8.21. The molecule has 2 fully saturated rings. The number of nitrogens with zero attached hydrogens (tertiary/aromatic N) is 3. The van der Waals surface area contributed by atoms with Gasteiger partial charge in [0.05, 0.1) is 0 Å². The van der Waals surface area contributed by atoms with E-state index in [2.05, 4.69) is 5.32 Å². The van der Waals surface area contributed by atoms with Gasteiger partial charge in [-0.1, -0.05) is 29.8 Å². The number of amides is 4. The molecule has 1 N–H and O–H groups in total. The number of piperazine rings is 1. The quantitative estimate of drug-likeness (QED) is 0.852. The lowest BCUT2D eigenvalue weighted by atomic mass is 10.1. The van der Waals surface area contributed by atoms with Crippen molar-refractivity contribution in [2.75, 3.05) is 39.3 Å². The summed E-state index contributed by atoms with van der Waals surface area (Å²) in [4.78, 5) is 41.3. The van der Waals surface area contributed by atoms with Crippen molar-refractivity contribution < 1.29 is 14.4 Å². The molecule has 2 saturated heterocycles. The number of likely N-dealkylation sites (tertiary alicyclic amines) is 1. The average Bonchev–Trinajstić information content (AvgIpc) is 3.03. The monoisotopic (exact) mass is 358 g/mol. The van der Waals surface area contributed by atoms with E-state index in [1.807, 2.05) is 31.2 Å². The second-order valence-electron chi connectivity index (χ2n) is 6.94. The highest BCUT2D eigenvalue weighted by atomic mass is 16.2.